The SMILES string of the molecule is COc1cc(C=NNC(=O)c2ccc3c(c2)OCO3)cc(Br)c1OCc1cccc2ccccc12. The number of benzene rings is 4. The number of ether oxygens (including phenoxy) is 4. The highest BCUT2D eigenvalue weighted by Gasteiger charge is 2.16. The van der Waals surface area contributed by atoms with Crippen LogP contribution >= 0.6 is 15.9 Å². The average molecular weight is 533 g/mol. The number of methoxy groups -OCH3 is 1. The highest BCUT2D eigenvalue weighted by atomic mass is 79.9. The molecule has 0 atom stereocenters. The lowest BCUT2D eigenvalue weighted by molar-refractivity contribution is 0.0954. The van der Waals surface area contributed by atoms with Gasteiger partial charge in [-0.25, -0.2) is 5.43 Å². The molecule has 0 fully saturated rings. The third-order valence-corrected chi connectivity index (χ3v) is 6.11. The first-order valence-electron chi connectivity index (χ1n) is 10.8. The van der Waals surface area contributed by atoms with Gasteiger partial charge in [0, 0.05) is 5.56 Å². The summed E-state index contributed by atoms with van der Waals surface area (Å²) in [4.78, 5) is 12.4. The van der Waals surface area contributed by atoms with Crippen LogP contribution in [0.3, 0.4) is 0 Å². The fourth-order valence-electron chi connectivity index (χ4n) is 3.79. The lowest BCUT2D eigenvalue weighted by atomic mass is 10.1. The normalized spacial score (nSPS) is 12.2. The number of hydrogen-bond donors (Lipinski definition) is 1. The van der Waals surface area contributed by atoms with Crippen LogP contribution in [0.1, 0.15) is 21.5 Å². The molecule has 8 heteroatoms. The van der Waals surface area contributed by atoms with Crippen molar-refractivity contribution in [2.45, 2.75) is 6.61 Å². The lowest BCUT2D eigenvalue weighted by Gasteiger charge is -2.14. The maximum absolute atomic E-state index is 12.4. The van der Waals surface area contributed by atoms with Crippen LogP contribution in [0.2, 0.25) is 0 Å². The summed E-state index contributed by atoms with van der Waals surface area (Å²) < 4.78 is 23.0. The third-order valence-electron chi connectivity index (χ3n) is 5.52. The Hall–Kier alpha value is -4.04. The molecule has 35 heavy (non-hydrogen) atoms. The maximum Gasteiger partial charge on any atom is 0.271 e. The molecule has 1 amide bonds. The van der Waals surface area contributed by atoms with E-state index >= 15 is 0 Å². The molecular weight excluding hydrogens is 512 g/mol. The summed E-state index contributed by atoms with van der Waals surface area (Å²) in [6.45, 7) is 0.534. The number of hydrazone groups is 1. The summed E-state index contributed by atoms with van der Waals surface area (Å²) in [5.74, 6) is 1.92. The molecule has 7 nitrogen and oxygen atoms in total. The van der Waals surface area contributed by atoms with Crippen molar-refractivity contribution >= 4 is 38.8 Å². The van der Waals surface area contributed by atoms with E-state index in [0.29, 0.717) is 39.6 Å². The smallest absolute Gasteiger partial charge is 0.271 e. The molecule has 1 aliphatic rings. The van der Waals surface area contributed by atoms with Crippen LogP contribution in [0.4, 0.5) is 0 Å². The Bertz CT molecular complexity index is 1430. The molecule has 1 heterocycles. The summed E-state index contributed by atoms with van der Waals surface area (Å²) in [6.07, 6.45) is 1.53. The van der Waals surface area contributed by atoms with Gasteiger partial charge in [-0.15, -0.1) is 0 Å². The molecule has 176 valence electrons. The largest absolute Gasteiger partial charge is 0.493 e. The van der Waals surface area contributed by atoms with Gasteiger partial charge in [0.15, 0.2) is 23.0 Å². The van der Waals surface area contributed by atoms with Gasteiger partial charge in [0.2, 0.25) is 6.79 Å². The molecule has 0 aromatic heterocycles. The van der Waals surface area contributed by atoms with Crippen molar-refractivity contribution in [1.82, 2.24) is 5.43 Å². The van der Waals surface area contributed by atoms with Crippen LogP contribution in [0.5, 0.6) is 23.0 Å². The summed E-state index contributed by atoms with van der Waals surface area (Å²) >= 11 is 3.57. The fourth-order valence-corrected chi connectivity index (χ4v) is 4.36. The minimum atomic E-state index is -0.361. The van der Waals surface area contributed by atoms with E-state index in [1.165, 1.54) is 6.21 Å². The third kappa shape index (κ3) is 4.93. The van der Waals surface area contributed by atoms with E-state index in [4.69, 9.17) is 18.9 Å². The Morgan fingerprint density at radius 1 is 1.06 bits per heavy atom. The van der Waals surface area contributed by atoms with Gasteiger partial charge in [0.1, 0.15) is 6.61 Å². The van der Waals surface area contributed by atoms with Gasteiger partial charge in [0.25, 0.3) is 5.91 Å². The minimum Gasteiger partial charge on any atom is -0.493 e. The zero-order valence-corrected chi connectivity index (χ0v) is 20.4. The zero-order valence-electron chi connectivity index (χ0n) is 18.8. The Kier molecular flexibility index (Phi) is 6.54. The molecule has 0 bridgehead atoms. The first kappa shape index (κ1) is 22.7. The Morgan fingerprint density at radius 2 is 1.89 bits per heavy atom. The van der Waals surface area contributed by atoms with Gasteiger partial charge in [-0.3, -0.25) is 4.79 Å². The van der Waals surface area contributed by atoms with Crippen LogP contribution in [0.15, 0.2) is 82.4 Å². The average Bonchev–Trinajstić information content (AvgIpc) is 3.36. The summed E-state index contributed by atoms with van der Waals surface area (Å²) in [7, 11) is 1.58. The van der Waals surface area contributed by atoms with Crippen LogP contribution in [-0.2, 0) is 6.61 Å². The lowest BCUT2D eigenvalue weighted by Crippen LogP contribution is -2.17. The van der Waals surface area contributed by atoms with E-state index in [-0.39, 0.29) is 12.7 Å². The van der Waals surface area contributed by atoms with Gasteiger partial charge in [-0.05, 0) is 68.2 Å². The molecule has 0 aliphatic carbocycles. The van der Waals surface area contributed by atoms with Crippen molar-refractivity contribution in [2.75, 3.05) is 13.9 Å². The van der Waals surface area contributed by atoms with Crippen molar-refractivity contribution in [3.05, 3.63) is 94.0 Å². The number of halogens is 1. The number of carbonyl (C=O) groups is 1. The summed E-state index contributed by atoms with van der Waals surface area (Å²) in [5.41, 5.74) is 4.74. The number of carbonyl (C=O) groups excluding carboxylic acids is 1. The summed E-state index contributed by atoms with van der Waals surface area (Å²) in [5, 5.41) is 6.38. The van der Waals surface area contributed by atoms with Crippen molar-refractivity contribution in [2.24, 2.45) is 5.10 Å². The summed E-state index contributed by atoms with van der Waals surface area (Å²) in [6, 6.07) is 22.9. The topological polar surface area (TPSA) is 78.4 Å². The molecule has 5 rings (SSSR count). The van der Waals surface area contributed by atoms with Crippen molar-refractivity contribution in [3.63, 3.8) is 0 Å². The Labute approximate surface area is 210 Å². The highest BCUT2D eigenvalue weighted by molar-refractivity contribution is 9.10. The molecular formula is C27H21BrN2O5. The predicted octanol–water partition coefficient (Wildman–Crippen LogP) is 5.68. The molecule has 4 aromatic rings. The van der Waals surface area contributed by atoms with Crippen LogP contribution in [0, 0.1) is 0 Å². The van der Waals surface area contributed by atoms with Gasteiger partial charge in [0.05, 0.1) is 17.8 Å². The molecule has 0 saturated carbocycles. The zero-order chi connectivity index (χ0) is 24.2. The van der Waals surface area contributed by atoms with Gasteiger partial charge in [-0.2, -0.15) is 5.10 Å². The van der Waals surface area contributed by atoms with E-state index in [2.05, 4.69) is 44.7 Å². The number of fused-ring (bicyclic) bond motifs is 2. The monoisotopic (exact) mass is 532 g/mol. The highest BCUT2D eigenvalue weighted by Crippen LogP contribution is 2.37. The van der Waals surface area contributed by atoms with Gasteiger partial charge < -0.3 is 18.9 Å². The van der Waals surface area contributed by atoms with Crippen LogP contribution in [0.25, 0.3) is 10.8 Å². The number of rotatable bonds is 7. The van der Waals surface area contributed by atoms with E-state index < -0.39 is 0 Å². The number of nitrogens with one attached hydrogen (secondary N) is 1. The van der Waals surface area contributed by atoms with E-state index in [1.807, 2.05) is 30.3 Å². The van der Waals surface area contributed by atoms with Gasteiger partial charge >= 0.3 is 0 Å². The second kappa shape index (κ2) is 10.1. The number of amides is 1. The quantitative estimate of drug-likeness (QED) is 0.244. The minimum absolute atomic E-state index is 0.150. The Balaban J connectivity index is 1.28. The van der Waals surface area contributed by atoms with Crippen molar-refractivity contribution < 1.29 is 23.7 Å². The number of hydrogen-bond acceptors (Lipinski definition) is 6. The molecule has 4 aromatic carbocycles. The number of nitrogens with zero attached hydrogens (tertiary/aromatic N) is 1. The molecule has 0 saturated heterocycles. The second-order valence-electron chi connectivity index (χ2n) is 7.73. The van der Waals surface area contributed by atoms with Crippen LogP contribution < -0.4 is 24.4 Å². The van der Waals surface area contributed by atoms with E-state index in [1.54, 1.807) is 31.4 Å². The van der Waals surface area contributed by atoms with Crippen molar-refractivity contribution in [3.8, 4) is 23.0 Å². The fraction of sp³-hybridized carbons (Fsp3) is 0.111. The predicted molar refractivity (Wildman–Crippen MR) is 137 cm³/mol. The second-order valence-corrected chi connectivity index (χ2v) is 8.58. The first-order chi connectivity index (χ1) is 17.1. The van der Waals surface area contributed by atoms with Crippen molar-refractivity contribution in [1.29, 1.82) is 0 Å². The molecule has 0 unspecified atom stereocenters. The molecule has 0 spiro atoms. The maximum atomic E-state index is 12.4. The standard InChI is InChI=1S/C27H21BrN2O5/c1-32-25-12-17(14-29-30-27(31)19-9-10-23-24(13-19)35-16-34-23)11-22(28)26(25)33-15-20-7-4-6-18-5-2-3-8-21(18)20/h2-14H,15-16H2,1H3,(H,30,31). The van der Waals surface area contributed by atoms with Gasteiger partial charge in [-0.1, -0.05) is 42.5 Å². The molecule has 0 radical (unpaired) electrons. The van der Waals surface area contributed by atoms with Crippen LogP contribution in [-0.4, -0.2) is 26.0 Å². The molecule has 1 aliphatic heterocycles. The first-order valence-corrected chi connectivity index (χ1v) is 11.6. The molecule has 1 N–H and O–H groups in total. The Morgan fingerprint density at radius 3 is 2.77 bits per heavy atom. The van der Waals surface area contributed by atoms with E-state index in [0.717, 1.165) is 21.9 Å². The van der Waals surface area contributed by atoms with E-state index in [9.17, 15) is 4.79 Å².